The van der Waals surface area contributed by atoms with Crippen LogP contribution in [0.4, 0.5) is 0 Å². The monoisotopic (exact) mass is 215 g/mol. The van der Waals surface area contributed by atoms with Gasteiger partial charge in [0.1, 0.15) is 0 Å². The molecule has 0 spiro atoms. The van der Waals surface area contributed by atoms with Crippen molar-refractivity contribution in [3.05, 3.63) is 22.1 Å². The molecule has 0 aromatic carbocycles. The van der Waals surface area contributed by atoms with Crippen LogP contribution < -0.4 is 10.6 Å². The van der Waals surface area contributed by atoms with Gasteiger partial charge in [-0.1, -0.05) is 0 Å². The van der Waals surface area contributed by atoms with Gasteiger partial charge in [-0.15, -0.1) is 0 Å². The minimum atomic E-state index is -0.480. The molecular formula is C9H17N3O3. The molecule has 1 fully saturated rings. The van der Waals surface area contributed by atoms with Crippen LogP contribution in [0, 0.1) is 16.0 Å². The van der Waals surface area contributed by atoms with Crippen LogP contribution in [0.5, 0.6) is 0 Å². The zero-order valence-corrected chi connectivity index (χ0v) is 9.03. The second-order valence-electron chi connectivity index (χ2n) is 3.70. The maximum atomic E-state index is 10.2. The van der Waals surface area contributed by atoms with Gasteiger partial charge in [0, 0.05) is 19.5 Å². The molecule has 1 rings (SSSR count). The van der Waals surface area contributed by atoms with E-state index in [0.717, 1.165) is 19.2 Å². The lowest BCUT2D eigenvalue weighted by Crippen LogP contribution is -2.29. The molecule has 0 radical (unpaired) electrons. The van der Waals surface area contributed by atoms with Gasteiger partial charge >= 0.3 is 0 Å². The first kappa shape index (κ1) is 11.8. The molecule has 0 aromatic rings. The quantitative estimate of drug-likeness (QED) is 0.509. The minimum Gasteiger partial charge on any atom is -0.378 e. The highest BCUT2D eigenvalue weighted by molar-refractivity contribution is 4.91. The fourth-order valence-corrected chi connectivity index (χ4v) is 1.61. The van der Waals surface area contributed by atoms with E-state index in [-0.39, 0.29) is 0 Å². The second kappa shape index (κ2) is 5.55. The van der Waals surface area contributed by atoms with Gasteiger partial charge < -0.3 is 15.4 Å². The number of hydrogen-bond acceptors (Lipinski definition) is 5. The summed E-state index contributed by atoms with van der Waals surface area (Å²) in [6.07, 6.45) is 2.23. The molecule has 2 atom stereocenters. The maximum absolute atomic E-state index is 10.2. The average molecular weight is 215 g/mol. The van der Waals surface area contributed by atoms with Gasteiger partial charge in [0.25, 0.3) is 6.20 Å². The summed E-state index contributed by atoms with van der Waals surface area (Å²) >= 11 is 0. The molecule has 1 aliphatic heterocycles. The molecule has 1 saturated heterocycles. The van der Waals surface area contributed by atoms with Crippen LogP contribution in [-0.2, 0) is 4.74 Å². The van der Waals surface area contributed by atoms with Crippen molar-refractivity contribution < 1.29 is 9.66 Å². The molecule has 1 aliphatic rings. The highest BCUT2D eigenvalue weighted by atomic mass is 16.6. The summed E-state index contributed by atoms with van der Waals surface area (Å²) in [6.45, 7) is 3.46. The van der Waals surface area contributed by atoms with E-state index in [2.05, 4.69) is 10.6 Å². The van der Waals surface area contributed by atoms with E-state index in [1.54, 1.807) is 7.05 Å². The number of nitro groups is 1. The summed E-state index contributed by atoms with van der Waals surface area (Å²) in [6, 6.07) is 0. The molecule has 0 amide bonds. The fourth-order valence-electron chi connectivity index (χ4n) is 1.61. The van der Waals surface area contributed by atoms with Crippen molar-refractivity contribution >= 4 is 0 Å². The topological polar surface area (TPSA) is 76.4 Å². The molecule has 15 heavy (non-hydrogen) atoms. The Balaban J connectivity index is 2.31. The Bertz CT molecular complexity index is 255. The van der Waals surface area contributed by atoms with E-state index in [4.69, 9.17) is 4.74 Å². The van der Waals surface area contributed by atoms with Crippen molar-refractivity contribution in [2.24, 2.45) is 5.92 Å². The van der Waals surface area contributed by atoms with Gasteiger partial charge in [-0.05, 0) is 13.3 Å². The van der Waals surface area contributed by atoms with Crippen molar-refractivity contribution in [2.45, 2.75) is 19.4 Å². The summed E-state index contributed by atoms with van der Waals surface area (Å²) < 4.78 is 5.40. The first-order valence-electron chi connectivity index (χ1n) is 5.00. The van der Waals surface area contributed by atoms with Crippen molar-refractivity contribution in [3.63, 3.8) is 0 Å². The van der Waals surface area contributed by atoms with Crippen LogP contribution in [0.2, 0.25) is 0 Å². The van der Waals surface area contributed by atoms with Gasteiger partial charge in [-0.2, -0.15) is 0 Å². The van der Waals surface area contributed by atoms with Crippen molar-refractivity contribution in [1.29, 1.82) is 0 Å². The highest BCUT2D eigenvalue weighted by Gasteiger charge is 2.21. The maximum Gasteiger partial charge on any atom is 0.274 e. The standard InChI is InChI=1S/C9H17N3O3/c1-7-3-8(6-15-7)4-11-9(10-2)5-12(13)14/h5,7-8,10-11H,3-4,6H2,1-2H3/b9-5+. The zero-order valence-electron chi connectivity index (χ0n) is 9.03. The van der Waals surface area contributed by atoms with Crippen LogP contribution in [0.25, 0.3) is 0 Å². The fraction of sp³-hybridized carbons (Fsp3) is 0.778. The van der Waals surface area contributed by atoms with Gasteiger partial charge in [-0.3, -0.25) is 10.1 Å². The number of nitrogens with zero attached hydrogens (tertiary/aromatic N) is 1. The Hall–Kier alpha value is -1.30. The summed E-state index contributed by atoms with van der Waals surface area (Å²) in [7, 11) is 1.65. The molecule has 0 saturated carbocycles. The lowest BCUT2D eigenvalue weighted by Gasteiger charge is -2.11. The predicted molar refractivity (Wildman–Crippen MR) is 55.7 cm³/mol. The first-order chi connectivity index (χ1) is 7.11. The summed E-state index contributed by atoms with van der Waals surface area (Å²) in [5.74, 6) is 0.864. The first-order valence-corrected chi connectivity index (χ1v) is 5.00. The molecule has 2 unspecified atom stereocenters. The van der Waals surface area contributed by atoms with Gasteiger partial charge in [0.2, 0.25) is 0 Å². The van der Waals surface area contributed by atoms with Crippen molar-refractivity contribution in [1.82, 2.24) is 10.6 Å². The number of nitrogens with one attached hydrogen (secondary N) is 2. The third-order valence-electron chi connectivity index (χ3n) is 2.37. The Morgan fingerprint density at radius 2 is 2.47 bits per heavy atom. The van der Waals surface area contributed by atoms with E-state index in [1.165, 1.54) is 0 Å². The number of ether oxygens (including phenoxy) is 1. The van der Waals surface area contributed by atoms with Gasteiger partial charge in [-0.25, -0.2) is 0 Å². The van der Waals surface area contributed by atoms with E-state index in [0.29, 0.717) is 24.4 Å². The zero-order chi connectivity index (χ0) is 11.3. The Labute approximate surface area is 88.8 Å². The largest absolute Gasteiger partial charge is 0.378 e. The lowest BCUT2D eigenvalue weighted by molar-refractivity contribution is -0.404. The molecular weight excluding hydrogens is 198 g/mol. The molecule has 6 heteroatoms. The smallest absolute Gasteiger partial charge is 0.274 e. The molecule has 0 aliphatic carbocycles. The van der Waals surface area contributed by atoms with Crippen LogP contribution in [0.15, 0.2) is 12.0 Å². The van der Waals surface area contributed by atoms with Crippen molar-refractivity contribution in [2.75, 3.05) is 20.2 Å². The molecule has 1 heterocycles. The van der Waals surface area contributed by atoms with Gasteiger partial charge in [0.15, 0.2) is 5.82 Å². The van der Waals surface area contributed by atoms with Crippen LogP contribution in [-0.4, -0.2) is 31.2 Å². The van der Waals surface area contributed by atoms with E-state index >= 15 is 0 Å². The Kier molecular flexibility index (Phi) is 4.36. The number of rotatable bonds is 5. The van der Waals surface area contributed by atoms with Gasteiger partial charge in [0.05, 0.1) is 17.6 Å². The summed E-state index contributed by atoms with van der Waals surface area (Å²) in [4.78, 5) is 9.76. The molecule has 0 bridgehead atoms. The van der Waals surface area contributed by atoms with E-state index in [9.17, 15) is 10.1 Å². The molecule has 6 nitrogen and oxygen atoms in total. The molecule has 2 N–H and O–H groups in total. The summed E-state index contributed by atoms with van der Waals surface area (Å²) in [5.41, 5.74) is 0. The third kappa shape index (κ3) is 4.16. The second-order valence-corrected chi connectivity index (χ2v) is 3.70. The van der Waals surface area contributed by atoms with E-state index < -0.39 is 4.92 Å². The van der Waals surface area contributed by atoms with Crippen LogP contribution >= 0.6 is 0 Å². The lowest BCUT2D eigenvalue weighted by atomic mass is 10.1. The van der Waals surface area contributed by atoms with Crippen molar-refractivity contribution in [3.8, 4) is 0 Å². The van der Waals surface area contributed by atoms with Crippen LogP contribution in [0.1, 0.15) is 13.3 Å². The van der Waals surface area contributed by atoms with Crippen LogP contribution in [0.3, 0.4) is 0 Å². The normalized spacial score (nSPS) is 26.4. The highest BCUT2D eigenvalue weighted by Crippen LogP contribution is 2.17. The Morgan fingerprint density at radius 1 is 1.73 bits per heavy atom. The van der Waals surface area contributed by atoms with E-state index in [1.807, 2.05) is 6.92 Å². The minimum absolute atomic E-state index is 0.300. The number of hydrogen-bond donors (Lipinski definition) is 2. The predicted octanol–water partition coefficient (Wildman–Crippen LogP) is 0.296. The molecule has 86 valence electrons. The Morgan fingerprint density at radius 3 is 2.93 bits per heavy atom. The third-order valence-corrected chi connectivity index (χ3v) is 2.37. The molecule has 0 aromatic heterocycles. The average Bonchev–Trinajstić information content (AvgIpc) is 2.58. The SMILES string of the molecule is CN/C(=C\[N+](=O)[O-])NCC1COC(C)C1. The summed E-state index contributed by atoms with van der Waals surface area (Å²) in [5, 5.41) is 16.0.